The lowest BCUT2D eigenvalue weighted by atomic mass is 10.1. The molecular formula is C26H34N4O4. The lowest BCUT2D eigenvalue weighted by molar-refractivity contribution is -0.118. The van der Waals surface area contributed by atoms with Crippen LogP contribution in [0.3, 0.4) is 0 Å². The number of benzene rings is 2. The first kappa shape index (κ1) is 26.6. The van der Waals surface area contributed by atoms with Gasteiger partial charge < -0.3 is 21.3 Å². The van der Waals surface area contributed by atoms with Crippen molar-refractivity contribution in [3.8, 4) is 0 Å². The van der Waals surface area contributed by atoms with Gasteiger partial charge >= 0.3 is 0 Å². The Balaban J connectivity index is 1.74. The molecule has 182 valence electrons. The smallest absolute Gasteiger partial charge is 0.251 e. The molecule has 0 aliphatic rings. The van der Waals surface area contributed by atoms with Gasteiger partial charge in [-0.3, -0.25) is 19.2 Å². The fourth-order valence-corrected chi connectivity index (χ4v) is 3.19. The van der Waals surface area contributed by atoms with Crippen molar-refractivity contribution >= 4 is 35.0 Å². The molecule has 0 unspecified atom stereocenters. The van der Waals surface area contributed by atoms with E-state index in [9.17, 15) is 19.2 Å². The van der Waals surface area contributed by atoms with Crippen LogP contribution in [0.5, 0.6) is 0 Å². The minimum atomic E-state index is -0.191. The SMILES string of the molecule is CC(C)NC(=O)c1cccc(NC(=O)CCCCC(=O)Nc2cccc(C(=O)NC(C)C)c2)c1. The van der Waals surface area contributed by atoms with Crippen molar-refractivity contribution in [2.45, 2.75) is 65.5 Å². The number of nitrogens with one attached hydrogen (secondary N) is 4. The third-order valence-corrected chi connectivity index (χ3v) is 4.71. The van der Waals surface area contributed by atoms with Gasteiger partial charge in [0.05, 0.1) is 0 Å². The topological polar surface area (TPSA) is 116 Å². The molecule has 4 N–H and O–H groups in total. The molecule has 0 fully saturated rings. The first-order chi connectivity index (χ1) is 16.1. The first-order valence-corrected chi connectivity index (χ1v) is 11.6. The van der Waals surface area contributed by atoms with E-state index in [0.29, 0.717) is 35.3 Å². The zero-order valence-corrected chi connectivity index (χ0v) is 20.2. The maximum Gasteiger partial charge on any atom is 0.251 e. The molecule has 0 radical (unpaired) electrons. The van der Waals surface area contributed by atoms with E-state index in [1.807, 2.05) is 27.7 Å². The maximum atomic E-state index is 12.2. The van der Waals surface area contributed by atoms with Crippen LogP contribution in [-0.2, 0) is 9.59 Å². The van der Waals surface area contributed by atoms with Crippen LogP contribution < -0.4 is 21.3 Å². The van der Waals surface area contributed by atoms with Crippen LogP contribution >= 0.6 is 0 Å². The second-order valence-corrected chi connectivity index (χ2v) is 8.72. The third kappa shape index (κ3) is 9.44. The number of anilines is 2. The van der Waals surface area contributed by atoms with Gasteiger partial charge in [-0.2, -0.15) is 0 Å². The molecule has 0 aliphatic heterocycles. The zero-order chi connectivity index (χ0) is 25.1. The van der Waals surface area contributed by atoms with Crippen LogP contribution in [0, 0.1) is 0 Å². The van der Waals surface area contributed by atoms with Crippen LogP contribution in [0.15, 0.2) is 48.5 Å². The van der Waals surface area contributed by atoms with E-state index in [4.69, 9.17) is 0 Å². The highest BCUT2D eigenvalue weighted by Crippen LogP contribution is 2.14. The van der Waals surface area contributed by atoms with E-state index < -0.39 is 0 Å². The summed E-state index contributed by atoms with van der Waals surface area (Å²) in [5.74, 6) is -0.734. The summed E-state index contributed by atoms with van der Waals surface area (Å²) in [6, 6.07) is 13.6. The molecule has 34 heavy (non-hydrogen) atoms. The average Bonchev–Trinajstić information content (AvgIpc) is 2.76. The maximum absolute atomic E-state index is 12.2. The highest BCUT2D eigenvalue weighted by molar-refractivity contribution is 5.98. The first-order valence-electron chi connectivity index (χ1n) is 11.6. The highest BCUT2D eigenvalue weighted by atomic mass is 16.2. The molecule has 8 nitrogen and oxygen atoms in total. The second-order valence-electron chi connectivity index (χ2n) is 8.72. The van der Waals surface area contributed by atoms with Gasteiger partial charge in [0.15, 0.2) is 0 Å². The summed E-state index contributed by atoms with van der Waals surface area (Å²) in [5, 5.41) is 11.2. The van der Waals surface area contributed by atoms with Crippen LogP contribution in [0.2, 0.25) is 0 Å². The van der Waals surface area contributed by atoms with E-state index in [1.165, 1.54) is 0 Å². The minimum Gasteiger partial charge on any atom is -0.350 e. The van der Waals surface area contributed by atoms with E-state index in [-0.39, 0.29) is 48.6 Å². The summed E-state index contributed by atoms with van der Waals surface area (Å²) in [5.41, 5.74) is 2.07. The molecule has 2 rings (SSSR count). The van der Waals surface area contributed by atoms with E-state index in [2.05, 4.69) is 21.3 Å². The fraction of sp³-hybridized carbons (Fsp3) is 0.385. The highest BCUT2D eigenvalue weighted by Gasteiger charge is 2.11. The summed E-state index contributed by atoms with van der Waals surface area (Å²) in [4.78, 5) is 48.7. The van der Waals surface area contributed by atoms with Gasteiger partial charge in [0, 0.05) is 47.4 Å². The number of hydrogen-bond donors (Lipinski definition) is 4. The minimum absolute atomic E-state index is 0.0243. The summed E-state index contributed by atoms with van der Waals surface area (Å²) < 4.78 is 0. The molecule has 0 saturated heterocycles. The summed E-state index contributed by atoms with van der Waals surface area (Å²) >= 11 is 0. The van der Waals surface area contributed by atoms with Crippen LogP contribution in [0.25, 0.3) is 0 Å². The van der Waals surface area contributed by atoms with Gasteiger partial charge in [0.25, 0.3) is 11.8 Å². The lowest BCUT2D eigenvalue weighted by Gasteiger charge is -2.11. The Morgan fingerprint density at radius 2 is 1.03 bits per heavy atom. The molecule has 4 amide bonds. The second kappa shape index (κ2) is 13.1. The Morgan fingerprint density at radius 1 is 0.647 bits per heavy atom. The van der Waals surface area contributed by atoms with Gasteiger partial charge in [-0.15, -0.1) is 0 Å². The molecule has 0 spiro atoms. The summed E-state index contributed by atoms with van der Waals surface area (Å²) in [6.07, 6.45) is 1.62. The summed E-state index contributed by atoms with van der Waals surface area (Å²) in [7, 11) is 0. The molecule has 8 heteroatoms. The normalized spacial score (nSPS) is 10.6. The molecular weight excluding hydrogens is 432 g/mol. The quantitative estimate of drug-likeness (QED) is 0.373. The van der Waals surface area contributed by atoms with Crippen molar-refractivity contribution in [2.24, 2.45) is 0 Å². The average molecular weight is 467 g/mol. The molecule has 0 aliphatic carbocycles. The third-order valence-electron chi connectivity index (χ3n) is 4.71. The summed E-state index contributed by atoms with van der Waals surface area (Å²) in [6.45, 7) is 7.53. The molecule has 0 heterocycles. The number of unbranched alkanes of at least 4 members (excludes halogenated alkanes) is 1. The molecule has 2 aromatic rings. The van der Waals surface area contributed by atoms with Crippen molar-refractivity contribution in [3.05, 3.63) is 59.7 Å². The van der Waals surface area contributed by atoms with Crippen molar-refractivity contribution in [2.75, 3.05) is 10.6 Å². The van der Waals surface area contributed by atoms with Crippen LogP contribution in [0.4, 0.5) is 11.4 Å². The van der Waals surface area contributed by atoms with Gasteiger partial charge in [0.1, 0.15) is 0 Å². The van der Waals surface area contributed by atoms with Crippen molar-refractivity contribution in [1.82, 2.24) is 10.6 Å². The van der Waals surface area contributed by atoms with E-state index >= 15 is 0 Å². The van der Waals surface area contributed by atoms with Gasteiger partial charge in [-0.05, 0) is 76.9 Å². The Hall–Kier alpha value is -3.68. The molecule has 2 aromatic carbocycles. The number of carbonyl (C=O) groups is 4. The standard InChI is InChI=1S/C26H34N4O4/c1-17(2)27-25(33)19-9-7-11-21(15-19)29-23(31)13-5-6-14-24(32)30-22-12-8-10-20(16-22)26(34)28-18(3)4/h7-12,15-18H,5-6,13-14H2,1-4H3,(H,27,33)(H,28,34)(H,29,31)(H,30,32). The molecule has 0 bridgehead atoms. The largest absolute Gasteiger partial charge is 0.350 e. The monoisotopic (exact) mass is 466 g/mol. The molecule has 0 saturated carbocycles. The zero-order valence-electron chi connectivity index (χ0n) is 20.2. The number of carbonyl (C=O) groups excluding carboxylic acids is 4. The number of hydrogen-bond acceptors (Lipinski definition) is 4. The number of amides is 4. The fourth-order valence-electron chi connectivity index (χ4n) is 3.19. The van der Waals surface area contributed by atoms with Gasteiger partial charge in [-0.25, -0.2) is 0 Å². The molecule has 0 aromatic heterocycles. The van der Waals surface area contributed by atoms with Crippen molar-refractivity contribution in [1.29, 1.82) is 0 Å². The Labute approximate surface area is 200 Å². The van der Waals surface area contributed by atoms with Gasteiger partial charge in [0.2, 0.25) is 11.8 Å². The van der Waals surface area contributed by atoms with Crippen LogP contribution in [0.1, 0.15) is 74.1 Å². The predicted octanol–water partition coefficient (Wildman–Crippen LogP) is 4.10. The Bertz CT molecular complexity index is 936. The van der Waals surface area contributed by atoms with Crippen molar-refractivity contribution in [3.63, 3.8) is 0 Å². The number of rotatable bonds is 11. The van der Waals surface area contributed by atoms with Gasteiger partial charge in [-0.1, -0.05) is 12.1 Å². The Kier molecular flexibility index (Phi) is 10.3. The Morgan fingerprint density at radius 3 is 1.38 bits per heavy atom. The lowest BCUT2D eigenvalue weighted by Crippen LogP contribution is -2.30. The van der Waals surface area contributed by atoms with Crippen molar-refractivity contribution < 1.29 is 19.2 Å². The predicted molar refractivity (Wildman–Crippen MR) is 134 cm³/mol. The van der Waals surface area contributed by atoms with E-state index in [1.54, 1.807) is 48.5 Å². The van der Waals surface area contributed by atoms with Crippen LogP contribution in [-0.4, -0.2) is 35.7 Å². The molecule has 0 atom stereocenters. The van der Waals surface area contributed by atoms with E-state index in [0.717, 1.165) is 0 Å².